The van der Waals surface area contributed by atoms with Gasteiger partial charge >= 0.3 is 0 Å². The molecule has 14 heavy (non-hydrogen) atoms. The van der Waals surface area contributed by atoms with Crippen molar-refractivity contribution < 1.29 is 4.52 Å². The lowest BCUT2D eigenvalue weighted by Crippen LogP contribution is -2.10. The van der Waals surface area contributed by atoms with Gasteiger partial charge < -0.3 is 10.3 Å². The highest BCUT2D eigenvalue weighted by Crippen LogP contribution is 2.31. The zero-order chi connectivity index (χ0) is 9.97. The number of nitrogens with zero attached hydrogens (tertiary/aromatic N) is 2. The summed E-state index contributed by atoms with van der Waals surface area (Å²) in [7, 11) is 0. The summed E-state index contributed by atoms with van der Waals surface area (Å²) in [6, 6.07) is -0.0829. The smallest absolute Gasteiger partial charge is 0.243 e. The Hall–Kier alpha value is -0.900. The molecule has 1 aliphatic carbocycles. The van der Waals surface area contributed by atoms with Crippen LogP contribution in [0.2, 0.25) is 0 Å². The Morgan fingerprint density at radius 3 is 3.00 bits per heavy atom. The van der Waals surface area contributed by atoms with Crippen molar-refractivity contribution in [3.63, 3.8) is 0 Å². The predicted molar refractivity (Wildman–Crippen MR) is 52.6 cm³/mol. The molecule has 2 rings (SSSR count). The molecule has 4 nitrogen and oxygen atoms in total. The molecular formula is C10H17N3O. The predicted octanol–water partition coefficient (Wildman–Crippen LogP) is 1.82. The van der Waals surface area contributed by atoms with Crippen LogP contribution in [0.25, 0.3) is 0 Å². The van der Waals surface area contributed by atoms with E-state index in [2.05, 4.69) is 17.1 Å². The molecule has 1 aromatic heterocycles. The molecule has 1 aromatic rings. The van der Waals surface area contributed by atoms with Gasteiger partial charge in [-0.05, 0) is 25.2 Å². The molecule has 0 radical (unpaired) electrons. The summed E-state index contributed by atoms with van der Waals surface area (Å²) < 4.78 is 5.12. The zero-order valence-electron chi connectivity index (χ0n) is 8.57. The molecule has 0 aliphatic heterocycles. The average Bonchev–Trinajstić information content (AvgIpc) is 2.82. The Labute approximate surface area is 83.9 Å². The maximum absolute atomic E-state index is 5.87. The first-order valence-corrected chi connectivity index (χ1v) is 5.37. The maximum Gasteiger partial charge on any atom is 0.243 e. The van der Waals surface area contributed by atoms with Crippen molar-refractivity contribution in [1.29, 1.82) is 0 Å². The largest absolute Gasteiger partial charge is 0.338 e. The summed E-state index contributed by atoms with van der Waals surface area (Å²) in [6.45, 7) is 2.10. The van der Waals surface area contributed by atoms with Crippen LogP contribution in [-0.4, -0.2) is 10.1 Å². The molecule has 1 heterocycles. The van der Waals surface area contributed by atoms with Crippen molar-refractivity contribution in [2.45, 2.75) is 45.1 Å². The fourth-order valence-corrected chi connectivity index (χ4v) is 1.52. The molecule has 0 amide bonds. The summed E-state index contributed by atoms with van der Waals surface area (Å²) in [5.41, 5.74) is 5.87. The van der Waals surface area contributed by atoms with Crippen molar-refractivity contribution in [2.75, 3.05) is 0 Å². The number of aromatic nitrogens is 2. The van der Waals surface area contributed by atoms with Crippen molar-refractivity contribution in [3.8, 4) is 0 Å². The quantitative estimate of drug-likeness (QED) is 0.778. The van der Waals surface area contributed by atoms with E-state index in [9.17, 15) is 0 Å². The minimum absolute atomic E-state index is 0.0829. The van der Waals surface area contributed by atoms with Crippen LogP contribution in [0.5, 0.6) is 0 Å². The van der Waals surface area contributed by atoms with Crippen LogP contribution >= 0.6 is 0 Å². The van der Waals surface area contributed by atoms with Crippen molar-refractivity contribution in [2.24, 2.45) is 11.7 Å². The van der Waals surface area contributed by atoms with Crippen LogP contribution in [0.4, 0.5) is 0 Å². The van der Waals surface area contributed by atoms with Gasteiger partial charge in [0.25, 0.3) is 0 Å². The lowest BCUT2D eigenvalue weighted by Gasteiger charge is -2.01. The minimum atomic E-state index is -0.0829. The maximum atomic E-state index is 5.87. The minimum Gasteiger partial charge on any atom is -0.338 e. The van der Waals surface area contributed by atoms with Gasteiger partial charge in [0.1, 0.15) is 0 Å². The molecule has 1 saturated carbocycles. The molecule has 0 bridgehead atoms. The molecule has 0 aromatic carbocycles. The van der Waals surface area contributed by atoms with Crippen LogP contribution in [-0.2, 0) is 6.42 Å². The summed E-state index contributed by atoms with van der Waals surface area (Å²) in [6.07, 6.45) is 5.53. The van der Waals surface area contributed by atoms with Crippen molar-refractivity contribution in [1.82, 2.24) is 10.1 Å². The Morgan fingerprint density at radius 1 is 1.57 bits per heavy atom. The average molecular weight is 195 g/mol. The van der Waals surface area contributed by atoms with Gasteiger partial charge in [0, 0.05) is 6.42 Å². The van der Waals surface area contributed by atoms with Gasteiger partial charge in [0.05, 0.1) is 6.04 Å². The van der Waals surface area contributed by atoms with Crippen LogP contribution in [0.1, 0.15) is 50.4 Å². The first-order chi connectivity index (χ1) is 6.79. The van der Waals surface area contributed by atoms with E-state index in [1.54, 1.807) is 0 Å². The fraction of sp³-hybridized carbons (Fsp3) is 0.800. The van der Waals surface area contributed by atoms with E-state index >= 15 is 0 Å². The summed E-state index contributed by atoms with van der Waals surface area (Å²) in [5, 5.41) is 3.93. The lowest BCUT2D eigenvalue weighted by molar-refractivity contribution is 0.344. The van der Waals surface area contributed by atoms with E-state index in [1.165, 1.54) is 12.8 Å². The summed E-state index contributed by atoms with van der Waals surface area (Å²) in [5.74, 6) is 2.22. The number of hydrogen-bond donors (Lipinski definition) is 1. The zero-order valence-corrected chi connectivity index (χ0v) is 8.57. The third-order valence-electron chi connectivity index (χ3n) is 2.57. The van der Waals surface area contributed by atoms with Gasteiger partial charge in [-0.25, -0.2) is 0 Å². The molecule has 1 fully saturated rings. The Kier molecular flexibility index (Phi) is 2.82. The molecule has 2 N–H and O–H groups in total. The van der Waals surface area contributed by atoms with E-state index < -0.39 is 0 Å². The number of rotatable bonds is 5. The third-order valence-corrected chi connectivity index (χ3v) is 2.57. The molecule has 1 aliphatic rings. The molecule has 4 heteroatoms. The van der Waals surface area contributed by atoms with Crippen LogP contribution in [0.3, 0.4) is 0 Å². The highest BCUT2D eigenvalue weighted by Gasteiger charge is 2.24. The monoisotopic (exact) mass is 195 g/mol. The molecule has 0 unspecified atom stereocenters. The first kappa shape index (κ1) is 9.65. The van der Waals surface area contributed by atoms with E-state index in [-0.39, 0.29) is 6.04 Å². The van der Waals surface area contributed by atoms with E-state index in [4.69, 9.17) is 10.3 Å². The Bertz CT molecular complexity index is 293. The first-order valence-electron chi connectivity index (χ1n) is 5.37. The summed E-state index contributed by atoms with van der Waals surface area (Å²) in [4.78, 5) is 4.31. The number of nitrogens with two attached hydrogens (primary N) is 1. The van der Waals surface area contributed by atoms with E-state index in [0.717, 1.165) is 31.0 Å². The van der Waals surface area contributed by atoms with Gasteiger partial charge in [-0.2, -0.15) is 4.98 Å². The normalized spacial score (nSPS) is 18.4. The molecule has 0 saturated heterocycles. The highest BCUT2D eigenvalue weighted by atomic mass is 16.5. The lowest BCUT2D eigenvalue weighted by atomic mass is 10.2. The van der Waals surface area contributed by atoms with E-state index in [0.29, 0.717) is 5.89 Å². The molecule has 1 atom stereocenters. The summed E-state index contributed by atoms with van der Waals surface area (Å²) >= 11 is 0. The van der Waals surface area contributed by atoms with Gasteiger partial charge in [0.2, 0.25) is 5.89 Å². The number of hydrogen-bond acceptors (Lipinski definition) is 4. The van der Waals surface area contributed by atoms with Crippen LogP contribution < -0.4 is 5.73 Å². The van der Waals surface area contributed by atoms with E-state index in [1.807, 2.05) is 0 Å². The fourth-order valence-electron chi connectivity index (χ4n) is 1.52. The second-order valence-corrected chi connectivity index (χ2v) is 4.09. The van der Waals surface area contributed by atoms with Gasteiger partial charge in [0.15, 0.2) is 5.82 Å². The van der Waals surface area contributed by atoms with Crippen molar-refractivity contribution in [3.05, 3.63) is 11.7 Å². The Balaban J connectivity index is 1.93. The second kappa shape index (κ2) is 4.09. The SMILES string of the molecule is CCC[C@H](N)c1nc(CC2CC2)no1. The molecular weight excluding hydrogens is 178 g/mol. The van der Waals surface area contributed by atoms with Crippen LogP contribution in [0, 0.1) is 5.92 Å². The van der Waals surface area contributed by atoms with Gasteiger partial charge in [-0.1, -0.05) is 18.5 Å². The highest BCUT2D eigenvalue weighted by molar-refractivity contribution is 4.95. The molecule has 78 valence electrons. The van der Waals surface area contributed by atoms with Crippen LogP contribution in [0.15, 0.2) is 4.52 Å². The second-order valence-electron chi connectivity index (χ2n) is 4.09. The standard InChI is InChI=1S/C10H17N3O/c1-2-3-8(11)10-12-9(13-14-10)6-7-4-5-7/h7-8H,2-6,11H2,1H3/t8-/m0/s1. The van der Waals surface area contributed by atoms with Gasteiger partial charge in [-0.15, -0.1) is 0 Å². The Morgan fingerprint density at radius 2 is 2.36 bits per heavy atom. The topological polar surface area (TPSA) is 64.9 Å². The van der Waals surface area contributed by atoms with Crippen molar-refractivity contribution >= 4 is 0 Å². The third kappa shape index (κ3) is 2.32. The van der Waals surface area contributed by atoms with Gasteiger partial charge in [-0.3, -0.25) is 0 Å². The molecule has 0 spiro atoms.